The fourth-order valence-electron chi connectivity index (χ4n) is 1.31. The number of ether oxygens (including phenoxy) is 1. The lowest BCUT2D eigenvalue weighted by atomic mass is 10.4. The first-order chi connectivity index (χ1) is 9.19. The average Bonchev–Trinajstić information content (AvgIpc) is 2.26. The first kappa shape index (κ1) is 17.5. The summed E-state index contributed by atoms with van der Waals surface area (Å²) in [4.78, 5) is 10.4. The summed E-state index contributed by atoms with van der Waals surface area (Å²) < 4.78 is 30.8. The molecule has 2 N–H and O–H groups in total. The van der Waals surface area contributed by atoms with Crippen LogP contribution in [0.5, 0.6) is 0 Å². The number of nitrogens with one attached hydrogen (secondary N) is 1. The SMILES string of the molecule is COC(CNS(=O)(=O)c1c(Cl)cc(Cl)cc1Cl)C(=O)O. The van der Waals surface area contributed by atoms with Crippen LogP contribution in [0.1, 0.15) is 0 Å². The Bertz CT molecular complexity index is 596. The molecule has 0 amide bonds. The molecule has 0 aromatic heterocycles. The molecule has 0 aliphatic carbocycles. The molecule has 1 unspecified atom stereocenters. The molecule has 1 rings (SSSR count). The molecule has 0 saturated heterocycles. The van der Waals surface area contributed by atoms with Crippen LogP contribution in [-0.4, -0.2) is 39.3 Å². The van der Waals surface area contributed by atoms with Gasteiger partial charge in [0.05, 0.1) is 10.0 Å². The minimum Gasteiger partial charge on any atom is -0.479 e. The summed E-state index contributed by atoms with van der Waals surface area (Å²) in [6.45, 7) is -0.469. The van der Waals surface area contributed by atoms with Gasteiger partial charge in [-0.25, -0.2) is 17.9 Å². The van der Waals surface area contributed by atoms with E-state index < -0.39 is 28.6 Å². The molecule has 112 valence electrons. The molecule has 1 aromatic rings. The van der Waals surface area contributed by atoms with Crippen molar-refractivity contribution in [3.63, 3.8) is 0 Å². The minimum atomic E-state index is -4.09. The topological polar surface area (TPSA) is 92.7 Å². The predicted molar refractivity (Wildman–Crippen MR) is 75.1 cm³/mol. The number of hydrogen-bond acceptors (Lipinski definition) is 4. The molecule has 0 fully saturated rings. The Balaban J connectivity index is 3.04. The molecule has 0 heterocycles. The number of benzene rings is 1. The van der Waals surface area contributed by atoms with Crippen LogP contribution in [0.2, 0.25) is 15.1 Å². The van der Waals surface area contributed by atoms with E-state index in [-0.39, 0.29) is 20.0 Å². The third kappa shape index (κ3) is 4.21. The van der Waals surface area contributed by atoms with E-state index in [1.54, 1.807) is 0 Å². The fraction of sp³-hybridized carbons (Fsp3) is 0.300. The van der Waals surface area contributed by atoms with Gasteiger partial charge in [0.2, 0.25) is 10.0 Å². The normalized spacial score (nSPS) is 13.2. The maximum absolute atomic E-state index is 12.1. The van der Waals surface area contributed by atoms with Gasteiger partial charge in [-0.05, 0) is 12.1 Å². The lowest BCUT2D eigenvalue weighted by Gasteiger charge is -2.13. The van der Waals surface area contributed by atoms with E-state index in [0.29, 0.717) is 0 Å². The molecular formula is C10H10Cl3NO5S. The zero-order chi connectivity index (χ0) is 15.5. The number of carbonyl (C=O) groups is 1. The highest BCUT2D eigenvalue weighted by atomic mass is 35.5. The second-order valence-electron chi connectivity index (χ2n) is 3.61. The van der Waals surface area contributed by atoms with Crippen LogP contribution in [0, 0.1) is 0 Å². The molecule has 20 heavy (non-hydrogen) atoms. The van der Waals surface area contributed by atoms with E-state index in [4.69, 9.17) is 39.9 Å². The second kappa shape index (κ2) is 6.93. The van der Waals surface area contributed by atoms with Gasteiger partial charge in [0.25, 0.3) is 0 Å². The summed E-state index contributed by atoms with van der Waals surface area (Å²) in [5.74, 6) is -1.30. The van der Waals surface area contributed by atoms with Crippen LogP contribution in [0.4, 0.5) is 0 Å². The van der Waals surface area contributed by atoms with Gasteiger partial charge in [-0.15, -0.1) is 0 Å². The number of aliphatic carboxylic acids is 1. The molecular weight excluding hydrogens is 353 g/mol. The molecule has 0 aliphatic heterocycles. The smallest absolute Gasteiger partial charge is 0.334 e. The Morgan fingerprint density at radius 1 is 1.35 bits per heavy atom. The number of hydrogen-bond donors (Lipinski definition) is 2. The van der Waals surface area contributed by atoms with Gasteiger partial charge in [0, 0.05) is 18.7 Å². The Morgan fingerprint density at radius 2 is 1.85 bits per heavy atom. The van der Waals surface area contributed by atoms with E-state index in [1.165, 1.54) is 12.1 Å². The van der Waals surface area contributed by atoms with Crippen LogP contribution < -0.4 is 4.72 Å². The molecule has 0 saturated carbocycles. The Labute approximate surface area is 130 Å². The van der Waals surface area contributed by atoms with Crippen molar-refractivity contribution in [3.8, 4) is 0 Å². The van der Waals surface area contributed by atoms with Gasteiger partial charge >= 0.3 is 5.97 Å². The molecule has 10 heteroatoms. The van der Waals surface area contributed by atoms with Crippen LogP contribution in [-0.2, 0) is 19.6 Å². The van der Waals surface area contributed by atoms with Crippen molar-refractivity contribution in [2.45, 2.75) is 11.0 Å². The summed E-state index contributed by atoms with van der Waals surface area (Å²) >= 11 is 17.3. The van der Waals surface area contributed by atoms with Crippen molar-refractivity contribution >= 4 is 50.8 Å². The highest BCUT2D eigenvalue weighted by Gasteiger charge is 2.25. The number of carboxylic acid groups (broad SMARTS) is 1. The van der Waals surface area contributed by atoms with Crippen LogP contribution in [0.15, 0.2) is 17.0 Å². The van der Waals surface area contributed by atoms with Gasteiger partial charge in [0.1, 0.15) is 4.90 Å². The summed E-state index contributed by atoms with van der Waals surface area (Å²) in [6, 6.07) is 2.43. The highest BCUT2D eigenvalue weighted by molar-refractivity contribution is 7.89. The summed E-state index contributed by atoms with van der Waals surface area (Å²) in [6.07, 6.45) is -1.32. The van der Waals surface area contributed by atoms with E-state index in [9.17, 15) is 13.2 Å². The highest BCUT2D eigenvalue weighted by Crippen LogP contribution is 2.32. The number of carboxylic acids is 1. The monoisotopic (exact) mass is 361 g/mol. The third-order valence-electron chi connectivity index (χ3n) is 2.25. The molecule has 1 atom stereocenters. The first-order valence-electron chi connectivity index (χ1n) is 5.09. The van der Waals surface area contributed by atoms with Gasteiger partial charge in [-0.3, -0.25) is 0 Å². The van der Waals surface area contributed by atoms with Crippen LogP contribution >= 0.6 is 34.8 Å². The lowest BCUT2D eigenvalue weighted by Crippen LogP contribution is -2.38. The van der Waals surface area contributed by atoms with Crippen molar-refractivity contribution in [2.75, 3.05) is 13.7 Å². The van der Waals surface area contributed by atoms with E-state index in [2.05, 4.69) is 9.46 Å². The van der Waals surface area contributed by atoms with Gasteiger partial charge in [0.15, 0.2) is 6.10 Å². The Morgan fingerprint density at radius 3 is 2.25 bits per heavy atom. The fourth-order valence-corrected chi connectivity index (χ4v) is 3.89. The molecule has 0 radical (unpaired) electrons. The molecule has 6 nitrogen and oxygen atoms in total. The second-order valence-corrected chi connectivity index (χ2v) is 6.57. The summed E-state index contributed by atoms with van der Waals surface area (Å²) in [5, 5.41) is 8.60. The number of sulfonamides is 1. The van der Waals surface area contributed by atoms with Crippen molar-refractivity contribution < 1.29 is 23.1 Å². The molecule has 0 bridgehead atoms. The average molecular weight is 363 g/mol. The maximum atomic E-state index is 12.1. The maximum Gasteiger partial charge on any atom is 0.334 e. The standard InChI is InChI=1S/C10H10Cl3NO5S/c1-19-8(10(15)16)4-14-20(17,18)9-6(12)2-5(11)3-7(9)13/h2-3,8,14H,4H2,1H3,(H,15,16). The Hall–Kier alpha value is -0.570. The molecule has 0 aliphatic rings. The van der Waals surface area contributed by atoms with Gasteiger partial charge in [-0.1, -0.05) is 34.8 Å². The van der Waals surface area contributed by atoms with Gasteiger partial charge in [-0.2, -0.15) is 0 Å². The van der Waals surface area contributed by atoms with E-state index >= 15 is 0 Å². The molecule has 0 spiro atoms. The largest absolute Gasteiger partial charge is 0.479 e. The van der Waals surface area contributed by atoms with Crippen molar-refractivity contribution in [1.29, 1.82) is 0 Å². The van der Waals surface area contributed by atoms with E-state index in [0.717, 1.165) is 7.11 Å². The zero-order valence-electron chi connectivity index (χ0n) is 10.1. The zero-order valence-corrected chi connectivity index (χ0v) is 13.1. The first-order valence-corrected chi connectivity index (χ1v) is 7.70. The lowest BCUT2D eigenvalue weighted by molar-refractivity contribution is -0.147. The summed E-state index contributed by atoms with van der Waals surface area (Å²) in [7, 11) is -2.94. The van der Waals surface area contributed by atoms with Crippen molar-refractivity contribution in [2.24, 2.45) is 0 Å². The third-order valence-corrected chi connectivity index (χ3v) is 4.81. The Kier molecular flexibility index (Phi) is 6.06. The van der Waals surface area contributed by atoms with Crippen LogP contribution in [0.25, 0.3) is 0 Å². The van der Waals surface area contributed by atoms with Crippen LogP contribution in [0.3, 0.4) is 0 Å². The number of rotatable bonds is 6. The number of methoxy groups -OCH3 is 1. The van der Waals surface area contributed by atoms with Gasteiger partial charge < -0.3 is 9.84 Å². The van der Waals surface area contributed by atoms with E-state index in [1.807, 2.05) is 0 Å². The van der Waals surface area contributed by atoms with Crippen molar-refractivity contribution in [3.05, 3.63) is 27.2 Å². The summed E-state index contributed by atoms with van der Waals surface area (Å²) in [5.41, 5.74) is 0. The number of halogens is 3. The van der Waals surface area contributed by atoms with Crippen molar-refractivity contribution in [1.82, 2.24) is 4.72 Å². The quantitative estimate of drug-likeness (QED) is 0.807. The minimum absolute atomic E-state index is 0.167. The molecule has 1 aromatic carbocycles. The predicted octanol–water partition coefficient (Wildman–Crippen LogP) is 2.02.